The summed E-state index contributed by atoms with van der Waals surface area (Å²) in [5.74, 6) is 2.39. The molecule has 46 heavy (non-hydrogen) atoms. The van der Waals surface area contributed by atoms with Crippen molar-refractivity contribution in [2.75, 3.05) is 39.5 Å². The van der Waals surface area contributed by atoms with Crippen molar-refractivity contribution in [1.82, 2.24) is 4.90 Å². The molecule has 3 aliphatic heterocycles. The summed E-state index contributed by atoms with van der Waals surface area (Å²) in [7, 11) is 0. The Morgan fingerprint density at radius 1 is 1.09 bits per heavy atom. The lowest BCUT2D eigenvalue weighted by molar-refractivity contribution is -0.202. The summed E-state index contributed by atoms with van der Waals surface area (Å²) < 4.78 is 24.8. The predicted molar refractivity (Wildman–Crippen MR) is 176 cm³/mol. The number of fused-ring (bicyclic) bond motifs is 4. The number of aliphatic hydroxyl groups is 3. The van der Waals surface area contributed by atoms with Crippen molar-refractivity contribution in [1.29, 1.82) is 0 Å². The Morgan fingerprint density at radius 2 is 1.87 bits per heavy atom. The van der Waals surface area contributed by atoms with Crippen LogP contribution in [0.5, 0.6) is 0 Å². The molecule has 8 heteroatoms. The summed E-state index contributed by atoms with van der Waals surface area (Å²) in [6.07, 6.45) is 7.71. The van der Waals surface area contributed by atoms with Crippen LogP contribution in [0.15, 0.2) is 0 Å². The standard InChI is InChI=1S/C38H65NO7/c1-23(2)26-9-10-28-36(7)33(41)31-30(24(3)19-27(46-31)32(40)34(4,5)42)35(36,6)13-14-38(28)22-37(26,38)12-8-16-44-29-20-39(15-18-45-29)25-11-17-43-21-25/h23-33,40-42H,8-22H2,1-7H3. The first-order valence-electron chi connectivity index (χ1n) is 19.0. The molecule has 0 aromatic heterocycles. The first-order valence-corrected chi connectivity index (χ1v) is 19.0. The molecule has 7 fully saturated rings. The highest BCUT2D eigenvalue weighted by Gasteiger charge is 2.83. The highest BCUT2D eigenvalue weighted by atomic mass is 16.7. The topological polar surface area (TPSA) is 101 Å². The summed E-state index contributed by atoms with van der Waals surface area (Å²) in [5.41, 5.74) is -0.914. The monoisotopic (exact) mass is 647 g/mol. The second kappa shape index (κ2) is 11.9. The third kappa shape index (κ3) is 4.96. The number of hydrogen-bond donors (Lipinski definition) is 3. The highest BCUT2D eigenvalue weighted by molar-refractivity contribution is 5.31. The van der Waals surface area contributed by atoms with Crippen LogP contribution in [-0.2, 0) is 18.9 Å². The second-order valence-corrected chi connectivity index (χ2v) is 18.4. The molecule has 264 valence electrons. The zero-order chi connectivity index (χ0) is 32.9. The van der Waals surface area contributed by atoms with Crippen LogP contribution in [0.1, 0.15) is 106 Å². The molecule has 0 radical (unpaired) electrons. The van der Waals surface area contributed by atoms with Gasteiger partial charge in [-0.1, -0.05) is 34.6 Å². The Hall–Kier alpha value is -0.320. The molecule has 0 aromatic rings. The third-order valence-corrected chi connectivity index (χ3v) is 15.7. The van der Waals surface area contributed by atoms with E-state index < -0.39 is 23.9 Å². The van der Waals surface area contributed by atoms with E-state index in [4.69, 9.17) is 18.9 Å². The Balaban J connectivity index is 1.07. The molecular formula is C38H65NO7. The molecule has 7 rings (SSSR count). The zero-order valence-electron chi connectivity index (χ0n) is 29.9. The van der Waals surface area contributed by atoms with Crippen molar-refractivity contribution in [2.24, 2.45) is 51.2 Å². The van der Waals surface area contributed by atoms with Crippen LogP contribution in [0.2, 0.25) is 0 Å². The molecule has 7 aliphatic rings. The second-order valence-electron chi connectivity index (χ2n) is 18.4. The van der Waals surface area contributed by atoms with E-state index in [0.717, 1.165) is 65.2 Å². The lowest BCUT2D eigenvalue weighted by atomic mass is 9.43. The van der Waals surface area contributed by atoms with E-state index in [2.05, 4.69) is 39.5 Å². The van der Waals surface area contributed by atoms with E-state index in [1.54, 1.807) is 13.8 Å². The van der Waals surface area contributed by atoms with Crippen molar-refractivity contribution < 1.29 is 34.3 Å². The maximum atomic E-state index is 12.4. The number of aliphatic hydroxyl groups excluding tert-OH is 2. The Labute approximate surface area is 278 Å². The van der Waals surface area contributed by atoms with Crippen LogP contribution in [-0.4, -0.2) is 102 Å². The Kier molecular flexibility index (Phi) is 8.82. The van der Waals surface area contributed by atoms with Gasteiger partial charge >= 0.3 is 0 Å². The maximum Gasteiger partial charge on any atom is 0.170 e. The van der Waals surface area contributed by atoms with Gasteiger partial charge in [0.2, 0.25) is 0 Å². The van der Waals surface area contributed by atoms with E-state index in [1.807, 2.05) is 0 Å². The van der Waals surface area contributed by atoms with E-state index in [0.29, 0.717) is 35.1 Å². The van der Waals surface area contributed by atoms with Gasteiger partial charge in [0.25, 0.3) is 0 Å². The van der Waals surface area contributed by atoms with E-state index in [1.165, 1.54) is 32.1 Å². The van der Waals surface area contributed by atoms with E-state index >= 15 is 0 Å². The molecule has 3 N–H and O–H groups in total. The van der Waals surface area contributed by atoms with Crippen molar-refractivity contribution in [3.8, 4) is 0 Å². The summed E-state index contributed by atoms with van der Waals surface area (Å²) in [5, 5.41) is 34.1. The minimum Gasteiger partial charge on any atom is -0.390 e. The average molecular weight is 648 g/mol. The SMILES string of the molecule is CC(C)C1CCC2C3(CCC4(C)C5C(C)CC(C(O)C(C)(C)O)OC5C(O)C24C)CC13CCCOC1CN(C2CCOC2)CCO1. The molecule has 8 nitrogen and oxygen atoms in total. The van der Waals surface area contributed by atoms with Gasteiger partial charge in [-0.15, -0.1) is 0 Å². The summed E-state index contributed by atoms with van der Waals surface area (Å²) in [6.45, 7) is 20.3. The Bertz CT molecular complexity index is 1110. The maximum absolute atomic E-state index is 12.4. The number of hydrogen-bond acceptors (Lipinski definition) is 8. The van der Waals surface area contributed by atoms with Crippen LogP contribution in [0, 0.1) is 51.2 Å². The molecule has 14 atom stereocenters. The molecule has 14 unspecified atom stereocenters. The molecule has 4 saturated carbocycles. The summed E-state index contributed by atoms with van der Waals surface area (Å²) in [6, 6.07) is 0.505. The van der Waals surface area contributed by atoms with Crippen LogP contribution >= 0.6 is 0 Å². The first kappa shape index (κ1) is 34.1. The smallest absolute Gasteiger partial charge is 0.170 e. The van der Waals surface area contributed by atoms with Crippen LogP contribution in [0.25, 0.3) is 0 Å². The number of ether oxygens (including phenoxy) is 4. The van der Waals surface area contributed by atoms with E-state index in [9.17, 15) is 15.3 Å². The fourth-order valence-corrected chi connectivity index (χ4v) is 13.4. The normalized spacial score (nSPS) is 51.3. The lowest BCUT2D eigenvalue weighted by Crippen LogP contribution is -2.57. The molecule has 0 aromatic carbocycles. The minimum atomic E-state index is -1.24. The van der Waals surface area contributed by atoms with Gasteiger partial charge in [-0.3, -0.25) is 4.90 Å². The van der Waals surface area contributed by atoms with E-state index in [-0.39, 0.29) is 34.6 Å². The number of morpholine rings is 1. The molecule has 1 spiro atoms. The molecule has 3 heterocycles. The van der Waals surface area contributed by atoms with Gasteiger partial charge in [0, 0.05) is 37.8 Å². The van der Waals surface area contributed by atoms with Gasteiger partial charge < -0.3 is 34.3 Å². The van der Waals surface area contributed by atoms with Gasteiger partial charge in [0.05, 0.1) is 37.1 Å². The predicted octanol–water partition coefficient (Wildman–Crippen LogP) is 5.01. The quantitative estimate of drug-likeness (QED) is 0.301. The van der Waals surface area contributed by atoms with Crippen molar-refractivity contribution in [3.63, 3.8) is 0 Å². The zero-order valence-corrected chi connectivity index (χ0v) is 29.9. The van der Waals surface area contributed by atoms with Gasteiger partial charge in [0.15, 0.2) is 6.29 Å². The van der Waals surface area contributed by atoms with Crippen LogP contribution in [0.3, 0.4) is 0 Å². The third-order valence-electron chi connectivity index (χ3n) is 15.7. The number of rotatable bonds is 9. The molecule has 4 aliphatic carbocycles. The first-order chi connectivity index (χ1) is 21.7. The van der Waals surface area contributed by atoms with Gasteiger partial charge in [-0.05, 0) is 117 Å². The minimum absolute atomic E-state index is 0.0201. The lowest BCUT2D eigenvalue weighted by Gasteiger charge is -2.61. The molecule has 0 amide bonds. The highest BCUT2D eigenvalue weighted by Crippen LogP contribution is 2.87. The van der Waals surface area contributed by atoms with Crippen molar-refractivity contribution in [2.45, 2.75) is 149 Å². The number of nitrogens with zero attached hydrogens (tertiary/aromatic N) is 1. The summed E-state index contributed by atoms with van der Waals surface area (Å²) in [4.78, 5) is 2.50. The fraction of sp³-hybridized carbons (Fsp3) is 1.00. The van der Waals surface area contributed by atoms with Crippen LogP contribution in [0.4, 0.5) is 0 Å². The molecular weight excluding hydrogens is 582 g/mol. The largest absolute Gasteiger partial charge is 0.390 e. The van der Waals surface area contributed by atoms with Gasteiger partial charge in [-0.2, -0.15) is 0 Å². The van der Waals surface area contributed by atoms with Crippen LogP contribution < -0.4 is 0 Å². The molecule has 0 bridgehead atoms. The van der Waals surface area contributed by atoms with Crippen molar-refractivity contribution >= 4 is 0 Å². The molecule has 3 saturated heterocycles. The fourth-order valence-electron chi connectivity index (χ4n) is 13.4. The van der Waals surface area contributed by atoms with Gasteiger partial charge in [-0.25, -0.2) is 0 Å². The average Bonchev–Trinajstić information content (AvgIpc) is 3.27. The van der Waals surface area contributed by atoms with Gasteiger partial charge in [0.1, 0.15) is 6.10 Å². The Morgan fingerprint density at radius 3 is 2.57 bits per heavy atom. The van der Waals surface area contributed by atoms with Crippen molar-refractivity contribution in [3.05, 3.63) is 0 Å². The summed E-state index contributed by atoms with van der Waals surface area (Å²) >= 11 is 0.